The van der Waals surface area contributed by atoms with Crippen LogP contribution in [0.5, 0.6) is 0 Å². The van der Waals surface area contributed by atoms with E-state index in [1.807, 2.05) is 24.3 Å². The topological polar surface area (TPSA) is 57.0 Å². The predicted octanol–water partition coefficient (Wildman–Crippen LogP) is 15.3. The van der Waals surface area contributed by atoms with Crippen LogP contribution in [0.15, 0.2) is 209 Å². The number of fused-ring (bicyclic) bond motifs is 5. The van der Waals surface area contributed by atoms with Gasteiger partial charge in [0.2, 0.25) is 0 Å². The van der Waals surface area contributed by atoms with Crippen molar-refractivity contribution in [3.63, 3.8) is 0 Å². The predicted molar refractivity (Wildman–Crippen MR) is 257 cm³/mol. The fourth-order valence-corrected chi connectivity index (χ4v) is 8.27. The Kier molecular flexibility index (Phi) is 9.15. The summed E-state index contributed by atoms with van der Waals surface area (Å²) in [6.07, 6.45) is 4.57. The molecule has 309 valence electrons. The van der Waals surface area contributed by atoms with Crippen LogP contribution in [0.3, 0.4) is 0 Å². The maximum atomic E-state index is 7.28. The zero-order chi connectivity index (χ0) is 47.3. The van der Waals surface area contributed by atoms with E-state index in [0.29, 0.717) is 11.3 Å². The molecule has 0 aliphatic carbocycles. The van der Waals surface area contributed by atoms with Crippen LogP contribution in [0.1, 0.15) is 19.4 Å². The molecule has 8 aromatic carbocycles. The summed E-state index contributed by atoms with van der Waals surface area (Å²) in [6, 6.07) is 67.3. The Labute approximate surface area is 393 Å². The molecule has 6 heteroatoms. The van der Waals surface area contributed by atoms with E-state index in [1.165, 1.54) is 24.4 Å². The van der Waals surface area contributed by atoms with Crippen LogP contribution in [0, 0.1) is 26.0 Å². The fourth-order valence-electron chi connectivity index (χ4n) is 8.27. The number of hydrogen-bond donors (Lipinski definition) is 0. The Morgan fingerprint density at radius 1 is 0.547 bits per heavy atom. The first-order valence-corrected chi connectivity index (χ1v) is 20.5. The second kappa shape index (κ2) is 17.3. The van der Waals surface area contributed by atoms with Gasteiger partial charge in [0.25, 0.3) is 0 Å². The molecule has 64 heavy (non-hydrogen) atoms. The largest absolute Gasteiger partial charge is 0.557 e. The molecule has 0 bridgehead atoms. The van der Waals surface area contributed by atoms with E-state index in [2.05, 4.69) is 161 Å². The van der Waals surface area contributed by atoms with Crippen molar-refractivity contribution in [1.82, 2.24) is 14.5 Å². The van der Waals surface area contributed by atoms with E-state index in [9.17, 15) is 0 Å². The van der Waals surface area contributed by atoms with Crippen molar-refractivity contribution in [1.29, 1.82) is 0 Å². The molecule has 0 saturated carbocycles. The van der Waals surface area contributed by atoms with Gasteiger partial charge in [-0.3, -0.25) is 4.98 Å². The van der Waals surface area contributed by atoms with Gasteiger partial charge in [0.05, 0.1) is 22.5 Å². The van der Waals surface area contributed by atoms with Gasteiger partial charge in [-0.15, -0.1) is 35.4 Å². The van der Waals surface area contributed by atoms with Gasteiger partial charge >= 0.3 is 0 Å². The molecule has 12 rings (SSSR count). The number of benzene rings is 8. The zero-order valence-corrected chi connectivity index (χ0v) is 36.4. The summed E-state index contributed by atoms with van der Waals surface area (Å²) in [5.74, 6) is 0.772. The molecule has 0 aliphatic rings. The number of furan rings is 2. The van der Waals surface area contributed by atoms with Gasteiger partial charge in [0.15, 0.2) is 0 Å². The monoisotopic (exact) mass is 1010 g/mol. The first kappa shape index (κ1) is 33.9. The number of rotatable bonds is 6. The number of pyridine rings is 1. The maximum Gasteiger partial charge on any atom is 0.135 e. The molecule has 0 amide bonds. The molecule has 0 saturated heterocycles. The molecule has 1 radical (unpaired) electrons. The number of para-hydroxylation sites is 4. The van der Waals surface area contributed by atoms with Crippen LogP contribution in [0.2, 0.25) is 0 Å². The van der Waals surface area contributed by atoms with Gasteiger partial charge in [-0.05, 0) is 70.7 Å². The molecule has 4 heterocycles. The Morgan fingerprint density at radius 2 is 1.20 bits per heavy atom. The molecule has 0 atom stereocenters. The molecule has 0 aliphatic heterocycles. The first-order chi connectivity index (χ1) is 33.5. The SMILES string of the molecule is [2H]C([2H])([2H])c1c[c-]c(-c2ccc(C([2H])([2H])[2H])cn2)cc1.[Ir].[c-]1oc2ccc(-c3ccc4oc5ccccc5c4c3)cc2c1-c1nc2ccccc2n1-c1c(-c2ccccc2)cccc1-c1ccccc1. The zero-order valence-electron chi connectivity index (χ0n) is 40.0. The van der Waals surface area contributed by atoms with Crippen molar-refractivity contribution in [2.75, 3.05) is 0 Å². The van der Waals surface area contributed by atoms with Crippen LogP contribution in [-0.2, 0) is 20.1 Å². The second-order valence-electron chi connectivity index (χ2n) is 15.2. The van der Waals surface area contributed by atoms with E-state index < -0.39 is 13.7 Å². The number of aryl methyl sites for hydroxylation is 2. The molecule has 4 aromatic heterocycles. The summed E-state index contributed by atoms with van der Waals surface area (Å²) in [7, 11) is 0. The van der Waals surface area contributed by atoms with E-state index in [0.717, 1.165) is 94.4 Å². The average Bonchev–Trinajstić information content (AvgIpc) is 4.09. The number of hydrogen-bond acceptors (Lipinski definition) is 4. The summed E-state index contributed by atoms with van der Waals surface area (Å²) in [5.41, 5.74) is 14.5. The summed E-state index contributed by atoms with van der Waals surface area (Å²) < 4.78 is 58.2. The third kappa shape index (κ3) is 7.53. The fraction of sp³-hybridized carbons (Fsp3) is 0.0345. The number of nitrogens with zero attached hydrogens (tertiary/aromatic N) is 3. The van der Waals surface area contributed by atoms with Crippen LogP contribution in [0.25, 0.3) is 106 Å². The number of aromatic nitrogens is 3. The second-order valence-corrected chi connectivity index (χ2v) is 15.2. The van der Waals surface area contributed by atoms with E-state index in [1.54, 1.807) is 12.1 Å². The third-order valence-corrected chi connectivity index (χ3v) is 11.3. The minimum Gasteiger partial charge on any atom is -0.557 e. The van der Waals surface area contributed by atoms with Crippen LogP contribution >= 0.6 is 0 Å². The van der Waals surface area contributed by atoms with Gasteiger partial charge in [-0.1, -0.05) is 163 Å². The van der Waals surface area contributed by atoms with E-state index in [4.69, 9.17) is 22.0 Å². The summed E-state index contributed by atoms with van der Waals surface area (Å²) >= 11 is 0. The van der Waals surface area contributed by atoms with Gasteiger partial charge in [0.1, 0.15) is 11.2 Å². The smallest absolute Gasteiger partial charge is 0.135 e. The quantitative estimate of drug-likeness (QED) is 0.156. The minimum atomic E-state index is -2.18. The van der Waals surface area contributed by atoms with Crippen LogP contribution in [-0.4, -0.2) is 14.5 Å². The Balaban J connectivity index is 0.000000229. The Hall–Kier alpha value is -7.63. The van der Waals surface area contributed by atoms with Crippen molar-refractivity contribution in [3.05, 3.63) is 224 Å². The van der Waals surface area contributed by atoms with Gasteiger partial charge < -0.3 is 18.4 Å². The van der Waals surface area contributed by atoms with Crippen LogP contribution in [0.4, 0.5) is 0 Å². The summed E-state index contributed by atoms with van der Waals surface area (Å²) in [6.45, 7) is -4.34. The Morgan fingerprint density at radius 3 is 1.91 bits per heavy atom. The molecule has 0 spiro atoms. The van der Waals surface area contributed by atoms with Crippen molar-refractivity contribution < 1.29 is 37.2 Å². The molecular formula is C58H39IrN3O2-2. The average molecular weight is 1010 g/mol. The van der Waals surface area contributed by atoms with E-state index in [-0.39, 0.29) is 31.2 Å². The molecule has 5 nitrogen and oxygen atoms in total. The molecule has 12 aromatic rings. The van der Waals surface area contributed by atoms with Gasteiger partial charge in [-0.2, -0.15) is 0 Å². The first-order valence-electron chi connectivity index (χ1n) is 23.5. The van der Waals surface area contributed by atoms with Crippen molar-refractivity contribution >= 4 is 43.9 Å². The van der Waals surface area contributed by atoms with Crippen LogP contribution < -0.4 is 0 Å². The normalized spacial score (nSPS) is 12.9. The van der Waals surface area contributed by atoms with Crippen molar-refractivity contribution in [2.45, 2.75) is 13.7 Å². The van der Waals surface area contributed by atoms with Gasteiger partial charge in [-0.25, -0.2) is 0 Å². The van der Waals surface area contributed by atoms with E-state index >= 15 is 0 Å². The van der Waals surface area contributed by atoms with Crippen molar-refractivity contribution in [3.8, 4) is 61.7 Å². The third-order valence-electron chi connectivity index (χ3n) is 11.3. The standard InChI is InChI=1S/C45H27N2O2.C13H12N.Ir/c1-3-12-29(13-4-1)33-17-11-18-34(30-14-5-2-6-15-30)44(33)47-40-20-9-8-19-39(40)46-45(47)38-28-48-41-24-22-31(27-37(38)41)32-23-25-43-36(26-32)35-16-7-10-21-42(35)49-43;1-10-3-6-12(7-4-10)13-8-5-11(2)9-14-13;/h1-27H;3-6,8-9H,1-2H3;/q2*-1;/i;1D3,2D3;. The number of imidazole rings is 1. The molecule has 0 unspecified atom stereocenters. The summed E-state index contributed by atoms with van der Waals surface area (Å²) in [4.78, 5) is 9.36. The molecular weight excluding hydrogens is 963 g/mol. The van der Waals surface area contributed by atoms with Gasteiger partial charge in [0, 0.05) is 68.3 Å². The Bertz CT molecular complexity index is 3690. The minimum absolute atomic E-state index is 0. The maximum absolute atomic E-state index is 7.28. The summed E-state index contributed by atoms with van der Waals surface area (Å²) in [5, 5.41) is 3.15. The molecule has 0 fully saturated rings. The van der Waals surface area contributed by atoms with Crippen molar-refractivity contribution in [2.24, 2.45) is 0 Å². The molecule has 0 N–H and O–H groups in total.